The third-order valence-electron chi connectivity index (χ3n) is 1.83. The molecule has 4 N–H and O–H groups in total. The number of carbonyl (C=O) groups is 1. The quantitative estimate of drug-likeness (QED) is 0.576. The summed E-state index contributed by atoms with van der Waals surface area (Å²) in [4.78, 5) is 10.6. The molecule has 82 valence electrons. The molecule has 5 heteroatoms. The van der Waals surface area contributed by atoms with Crippen LogP contribution in [0.1, 0.15) is 6.92 Å². The van der Waals surface area contributed by atoms with Crippen molar-refractivity contribution in [2.24, 2.45) is 0 Å². The summed E-state index contributed by atoms with van der Waals surface area (Å²) < 4.78 is 0.971. The maximum atomic E-state index is 10.6. The Labute approximate surface area is 97.4 Å². The number of carbonyl (C=O) groups excluding carboxylic acids is 1. The number of nitrogen functional groups attached to an aromatic ring is 1. The van der Waals surface area contributed by atoms with Crippen LogP contribution < -0.4 is 16.4 Å². The number of nitrogens with one attached hydrogen (secondary N) is 2. The summed E-state index contributed by atoms with van der Waals surface area (Å²) in [5, 5.41) is 5.84. The first-order valence-corrected chi connectivity index (χ1v) is 5.42. The monoisotopic (exact) mass is 271 g/mol. The molecular formula is C10H14BrN3O. The standard InChI is InChI=1S/C10H14BrN3O/c1-7(15)13-4-5-14-10-6-8(11)2-3-9(10)12/h2-3,6,14H,4-5,12H2,1H3,(H,13,15). The zero-order valence-corrected chi connectivity index (χ0v) is 10.1. The van der Waals surface area contributed by atoms with E-state index >= 15 is 0 Å². The van der Waals surface area contributed by atoms with Crippen molar-refractivity contribution < 1.29 is 4.79 Å². The number of rotatable bonds is 4. The SMILES string of the molecule is CC(=O)NCCNc1cc(Br)ccc1N. The highest BCUT2D eigenvalue weighted by atomic mass is 79.9. The van der Waals surface area contributed by atoms with Crippen molar-refractivity contribution >= 4 is 33.2 Å². The van der Waals surface area contributed by atoms with Gasteiger partial charge in [0.05, 0.1) is 11.4 Å². The van der Waals surface area contributed by atoms with Crippen LogP contribution >= 0.6 is 15.9 Å². The van der Waals surface area contributed by atoms with Crippen LogP contribution in [0, 0.1) is 0 Å². The molecule has 0 atom stereocenters. The van der Waals surface area contributed by atoms with Crippen LogP contribution in [0.5, 0.6) is 0 Å². The maximum absolute atomic E-state index is 10.6. The Kier molecular flexibility index (Phi) is 4.42. The van der Waals surface area contributed by atoms with Crippen LogP contribution in [0.15, 0.2) is 22.7 Å². The van der Waals surface area contributed by atoms with Gasteiger partial charge in [-0.15, -0.1) is 0 Å². The molecule has 0 unspecified atom stereocenters. The molecule has 0 saturated heterocycles. The van der Waals surface area contributed by atoms with E-state index in [9.17, 15) is 4.79 Å². The summed E-state index contributed by atoms with van der Waals surface area (Å²) in [5.41, 5.74) is 7.33. The lowest BCUT2D eigenvalue weighted by Crippen LogP contribution is -2.26. The minimum absolute atomic E-state index is 0.0287. The fraction of sp³-hybridized carbons (Fsp3) is 0.300. The van der Waals surface area contributed by atoms with Gasteiger partial charge in [0.1, 0.15) is 0 Å². The maximum Gasteiger partial charge on any atom is 0.216 e. The summed E-state index contributed by atoms with van der Waals surface area (Å²) in [6, 6.07) is 5.61. The summed E-state index contributed by atoms with van der Waals surface area (Å²) in [6.45, 7) is 2.73. The molecular weight excluding hydrogens is 258 g/mol. The van der Waals surface area contributed by atoms with Gasteiger partial charge in [0, 0.05) is 24.5 Å². The average Bonchev–Trinajstić information content (AvgIpc) is 2.17. The Morgan fingerprint density at radius 3 is 2.87 bits per heavy atom. The predicted molar refractivity (Wildman–Crippen MR) is 65.7 cm³/mol. The zero-order chi connectivity index (χ0) is 11.3. The van der Waals surface area contributed by atoms with Crippen LogP contribution in [-0.4, -0.2) is 19.0 Å². The number of amides is 1. The van der Waals surface area contributed by atoms with Crippen LogP contribution in [0.3, 0.4) is 0 Å². The van der Waals surface area contributed by atoms with Crippen LogP contribution in [0.2, 0.25) is 0 Å². The molecule has 0 saturated carbocycles. The second-order valence-electron chi connectivity index (χ2n) is 3.14. The summed E-state index contributed by atoms with van der Waals surface area (Å²) in [5.74, 6) is -0.0287. The lowest BCUT2D eigenvalue weighted by Gasteiger charge is -2.09. The normalized spacial score (nSPS) is 9.73. The van der Waals surface area contributed by atoms with Gasteiger partial charge in [0.25, 0.3) is 0 Å². The van der Waals surface area contributed by atoms with E-state index in [0.29, 0.717) is 18.8 Å². The minimum Gasteiger partial charge on any atom is -0.397 e. The van der Waals surface area contributed by atoms with Crippen molar-refractivity contribution in [2.75, 3.05) is 24.1 Å². The van der Waals surface area contributed by atoms with Gasteiger partial charge in [-0.2, -0.15) is 0 Å². The fourth-order valence-electron chi connectivity index (χ4n) is 1.12. The molecule has 0 aliphatic carbocycles. The molecule has 1 amide bonds. The van der Waals surface area contributed by atoms with E-state index in [1.54, 1.807) is 0 Å². The highest BCUT2D eigenvalue weighted by Crippen LogP contribution is 2.22. The molecule has 0 aliphatic rings. The number of halogens is 1. The molecule has 0 radical (unpaired) electrons. The largest absolute Gasteiger partial charge is 0.397 e. The molecule has 1 rings (SSSR count). The van der Waals surface area contributed by atoms with E-state index in [1.807, 2.05) is 18.2 Å². The van der Waals surface area contributed by atoms with Crippen LogP contribution in [0.25, 0.3) is 0 Å². The third kappa shape index (κ3) is 4.20. The van der Waals surface area contributed by atoms with Gasteiger partial charge in [-0.3, -0.25) is 4.79 Å². The van der Waals surface area contributed by atoms with E-state index in [-0.39, 0.29) is 5.91 Å². The Morgan fingerprint density at radius 1 is 1.47 bits per heavy atom. The smallest absolute Gasteiger partial charge is 0.216 e. The lowest BCUT2D eigenvalue weighted by atomic mass is 10.2. The topological polar surface area (TPSA) is 67.2 Å². The first-order chi connectivity index (χ1) is 7.09. The molecule has 4 nitrogen and oxygen atoms in total. The number of nitrogens with two attached hydrogens (primary N) is 1. The Bertz CT molecular complexity index is 355. The van der Waals surface area contributed by atoms with Gasteiger partial charge in [0.15, 0.2) is 0 Å². The van der Waals surface area contributed by atoms with Crippen molar-refractivity contribution in [2.45, 2.75) is 6.92 Å². The van der Waals surface area contributed by atoms with Crippen LogP contribution in [0.4, 0.5) is 11.4 Å². The van der Waals surface area contributed by atoms with Crippen molar-refractivity contribution in [1.82, 2.24) is 5.32 Å². The van der Waals surface area contributed by atoms with Crippen molar-refractivity contribution in [3.05, 3.63) is 22.7 Å². The predicted octanol–water partition coefficient (Wildman–Crippen LogP) is 1.58. The van der Waals surface area contributed by atoms with Gasteiger partial charge in [-0.1, -0.05) is 15.9 Å². The molecule has 1 aromatic carbocycles. The van der Waals surface area contributed by atoms with Gasteiger partial charge in [-0.25, -0.2) is 0 Å². The molecule has 0 bridgehead atoms. The second-order valence-corrected chi connectivity index (χ2v) is 4.06. The number of hydrogen-bond acceptors (Lipinski definition) is 3. The van der Waals surface area contributed by atoms with Gasteiger partial charge >= 0.3 is 0 Å². The Hall–Kier alpha value is -1.23. The first-order valence-electron chi connectivity index (χ1n) is 4.63. The van der Waals surface area contributed by atoms with Gasteiger partial charge in [-0.05, 0) is 18.2 Å². The molecule has 0 aliphatic heterocycles. The zero-order valence-electron chi connectivity index (χ0n) is 8.51. The lowest BCUT2D eigenvalue weighted by molar-refractivity contribution is -0.118. The Morgan fingerprint density at radius 2 is 2.20 bits per heavy atom. The summed E-state index contributed by atoms with van der Waals surface area (Å²) in [6.07, 6.45) is 0. The first kappa shape index (κ1) is 11.8. The highest BCUT2D eigenvalue weighted by molar-refractivity contribution is 9.10. The van der Waals surface area contributed by atoms with Crippen LogP contribution in [-0.2, 0) is 4.79 Å². The van der Waals surface area contributed by atoms with E-state index < -0.39 is 0 Å². The second kappa shape index (κ2) is 5.60. The number of benzene rings is 1. The van der Waals surface area contributed by atoms with E-state index in [2.05, 4.69) is 26.6 Å². The summed E-state index contributed by atoms with van der Waals surface area (Å²) >= 11 is 3.36. The molecule has 0 heterocycles. The van der Waals surface area contributed by atoms with Gasteiger partial charge in [0.2, 0.25) is 5.91 Å². The van der Waals surface area contributed by atoms with E-state index in [4.69, 9.17) is 5.73 Å². The summed E-state index contributed by atoms with van der Waals surface area (Å²) in [7, 11) is 0. The van der Waals surface area contributed by atoms with E-state index in [1.165, 1.54) is 6.92 Å². The minimum atomic E-state index is -0.0287. The van der Waals surface area contributed by atoms with E-state index in [0.717, 1.165) is 10.2 Å². The molecule has 0 fully saturated rings. The number of anilines is 2. The Balaban J connectivity index is 2.43. The van der Waals surface area contributed by atoms with Crippen molar-refractivity contribution in [1.29, 1.82) is 0 Å². The van der Waals surface area contributed by atoms with Crippen molar-refractivity contribution in [3.8, 4) is 0 Å². The molecule has 0 aromatic heterocycles. The number of hydrogen-bond donors (Lipinski definition) is 3. The molecule has 1 aromatic rings. The highest BCUT2D eigenvalue weighted by Gasteiger charge is 1.98. The molecule has 15 heavy (non-hydrogen) atoms. The third-order valence-corrected chi connectivity index (χ3v) is 2.32. The fourth-order valence-corrected chi connectivity index (χ4v) is 1.48. The average molecular weight is 272 g/mol. The van der Waals surface area contributed by atoms with Crippen molar-refractivity contribution in [3.63, 3.8) is 0 Å². The molecule has 0 spiro atoms. The van der Waals surface area contributed by atoms with Gasteiger partial charge < -0.3 is 16.4 Å².